The van der Waals surface area contributed by atoms with E-state index in [1.165, 1.54) is 41.6 Å². The molecule has 0 bridgehead atoms. The molecular weight excluding hydrogens is 415 g/mol. The molecule has 1 aromatic carbocycles. The minimum atomic E-state index is -0.443. The van der Waals surface area contributed by atoms with E-state index in [4.69, 9.17) is 11.6 Å². The third-order valence-corrected chi connectivity index (χ3v) is 5.81. The lowest BCUT2D eigenvalue weighted by molar-refractivity contribution is 0.622. The molecule has 1 unspecified atom stereocenters. The zero-order valence-corrected chi connectivity index (χ0v) is 17.6. The number of hydrogen-bond donors (Lipinski definition) is 3. The number of halogens is 2. The minimum Gasteiger partial charge on any atom is -0.370 e. The van der Waals surface area contributed by atoms with Crippen LogP contribution in [0.15, 0.2) is 48.9 Å². The maximum absolute atomic E-state index is 13.5. The average Bonchev–Trinajstić information content (AvgIpc) is 3.43. The summed E-state index contributed by atoms with van der Waals surface area (Å²) in [7, 11) is 0. The topological polar surface area (TPSA) is 78.5 Å². The molecule has 158 valence electrons. The van der Waals surface area contributed by atoms with Gasteiger partial charge in [0.05, 0.1) is 6.20 Å². The second-order valence-electron chi connectivity index (χ2n) is 7.74. The van der Waals surface area contributed by atoms with Gasteiger partial charge < -0.3 is 15.6 Å². The summed E-state index contributed by atoms with van der Waals surface area (Å²) in [4.78, 5) is 15.9. The third kappa shape index (κ3) is 4.38. The third-order valence-electron chi connectivity index (χ3n) is 5.61. The van der Waals surface area contributed by atoms with Crippen molar-refractivity contribution in [3.63, 3.8) is 0 Å². The summed E-state index contributed by atoms with van der Waals surface area (Å²) in [6.45, 7) is 1.77. The molecule has 1 aliphatic heterocycles. The number of aromatic amines is 1. The number of rotatable bonds is 6. The van der Waals surface area contributed by atoms with Crippen molar-refractivity contribution < 1.29 is 4.39 Å². The van der Waals surface area contributed by atoms with E-state index in [2.05, 4.69) is 55.0 Å². The summed E-state index contributed by atoms with van der Waals surface area (Å²) in [5.74, 6) is 0.484. The molecular formula is C23H22ClFN6. The summed E-state index contributed by atoms with van der Waals surface area (Å²) >= 11 is 6.15. The Balaban J connectivity index is 1.28. The van der Waals surface area contributed by atoms with Gasteiger partial charge in [0.2, 0.25) is 0 Å². The lowest BCUT2D eigenvalue weighted by atomic mass is 10.0. The van der Waals surface area contributed by atoms with Crippen LogP contribution in [0.3, 0.4) is 0 Å². The van der Waals surface area contributed by atoms with Gasteiger partial charge in [0, 0.05) is 47.5 Å². The molecule has 0 aliphatic carbocycles. The van der Waals surface area contributed by atoms with E-state index in [0.717, 1.165) is 24.7 Å². The lowest BCUT2D eigenvalue weighted by Gasteiger charge is -2.11. The van der Waals surface area contributed by atoms with Crippen LogP contribution in [0.5, 0.6) is 0 Å². The number of benzene rings is 1. The van der Waals surface area contributed by atoms with E-state index in [0.29, 0.717) is 29.8 Å². The maximum atomic E-state index is 13.5. The first-order valence-electron chi connectivity index (χ1n) is 10.4. The molecule has 1 fully saturated rings. The SMILES string of the molecule is Fc1cncc(-c2nc(Cl)cc(NCCc3c[nH]c4cc(C5CCCN5)ccc34)n2)c1. The lowest BCUT2D eigenvalue weighted by Crippen LogP contribution is -2.12. The van der Waals surface area contributed by atoms with Crippen LogP contribution < -0.4 is 10.6 Å². The van der Waals surface area contributed by atoms with Crippen LogP contribution in [0.1, 0.15) is 30.0 Å². The fraction of sp³-hybridized carbons (Fsp3) is 0.261. The van der Waals surface area contributed by atoms with Gasteiger partial charge in [0.15, 0.2) is 5.82 Å². The number of fused-ring (bicyclic) bond motifs is 1. The zero-order chi connectivity index (χ0) is 21.2. The van der Waals surface area contributed by atoms with Gasteiger partial charge in [-0.05, 0) is 49.1 Å². The van der Waals surface area contributed by atoms with Crippen LogP contribution in [0.4, 0.5) is 10.2 Å². The predicted molar refractivity (Wildman–Crippen MR) is 121 cm³/mol. The Bertz CT molecular complexity index is 1220. The Kier molecular flexibility index (Phi) is 5.53. The van der Waals surface area contributed by atoms with Gasteiger partial charge in [-0.3, -0.25) is 4.98 Å². The quantitative estimate of drug-likeness (QED) is 0.375. The highest BCUT2D eigenvalue weighted by molar-refractivity contribution is 6.29. The van der Waals surface area contributed by atoms with Crippen molar-refractivity contribution >= 4 is 28.3 Å². The fourth-order valence-electron chi connectivity index (χ4n) is 4.09. The van der Waals surface area contributed by atoms with Gasteiger partial charge in [-0.1, -0.05) is 23.7 Å². The van der Waals surface area contributed by atoms with Crippen molar-refractivity contribution in [2.45, 2.75) is 25.3 Å². The van der Waals surface area contributed by atoms with Crippen LogP contribution in [-0.4, -0.2) is 33.0 Å². The second kappa shape index (κ2) is 8.61. The second-order valence-corrected chi connectivity index (χ2v) is 8.12. The Morgan fingerprint density at radius 2 is 2.10 bits per heavy atom. The molecule has 8 heteroatoms. The van der Waals surface area contributed by atoms with E-state index in [1.54, 1.807) is 6.07 Å². The van der Waals surface area contributed by atoms with Gasteiger partial charge >= 0.3 is 0 Å². The van der Waals surface area contributed by atoms with Crippen molar-refractivity contribution in [2.24, 2.45) is 0 Å². The molecule has 0 radical (unpaired) electrons. The van der Waals surface area contributed by atoms with Crippen molar-refractivity contribution in [1.82, 2.24) is 25.3 Å². The number of nitrogens with one attached hydrogen (secondary N) is 3. The zero-order valence-electron chi connectivity index (χ0n) is 16.8. The van der Waals surface area contributed by atoms with Crippen molar-refractivity contribution in [3.8, 4) is 11.4 Å². The van der Waals surface area contributed by atoms with Crippen LogP contribution in [0.2, 0.25) is 5.15 Å². The molecule has 1 aliphatic rings. The predicted octanol–water partition coefficient (Wildman–Crippen LogP) is 4.89. The summed E-state index contributed by atoms with van der Waals surface area (Å²) in [5.41, 5.74) is 4.22. The summed E-state index contributed by atoms with van der Waals surface area (Å²) in [5, 5.41) is 8.37. The van der Waals surface area contributed by atoms with E-state index >= 15 is 0 Å². The molecule has 5 rings (SSSR count). The van der Waals surface area contributed by atoms with E-state index < -0.39 is 5.82 Å². The number of H-pyrrole nitrogens is 1. The highest BCUT2D eigenvalue weighted by Crippen LogP contribution is 2.28. The normalized spacial score (nSPS) is 16.1. The Morgan fingerprint density at radius 3 is 2.94 bits per heavy atom. The average molecular weight is 437 g/mol. The molecule has 0 spiro atoms. The van der Waals surface area contributed by atoms with Crippen LogP contribution >= 0.6 is 11.6 Å². The molecule has 6 nitrogen and oxygen atoms in total. The van der Waals surface area contributed by atoms with Crippen molar-refractivity contribution in [1.29, 1.82) is 0 Å². The molecule has 0 saturated carbocycles. The largest absolute Gasteiger partial charge is 0.370 e. The molecule has 4 aromatic rings. The molecule has 31 heavy (non-hydrogen) atoms. The number of aromatic nitrogens is 4. The van der Waals surface area contributed by atoms with Gasteiger partial charge in [-0.2, -0.15) is 0 Å². The van der Waals surface area contributed by atoms with Crippen LogP contribution in [0.25, 0.3) is 22.3 Å². The van der Waals surface area contributed by atoms with E-state index in [1.807, 2.05) is 0 Å². The Labute approximate surface area is 184 Å². The smallest absolute Gasteiger partial charge is 0.164 e. The van der Waals surface area contributed by atoms with E-state index in [-0.39, 0.29) is 5.15 Å². The van der Waals surface area contributed by atoms with Gasteiger partial charge in [-0.15, -0.1) is 0 Å². The first-order chi connectivity index (χ1) is 15.2. The highest BCUT2D eigenvalue weighted by atomic mass is 35.5. The van der Waals surface area contributed by atoms with Crippen molar-refractivity contribution in [2.75, 3.05) is 18.4 Å². The molecule has 3 aromatic heterocycles. The Morgan fingerprint density at radius 1 is 1.16 bits per heavy atom. The summed E-state index contributed by atoms with van der Waals surface area (Å²) in [6.07, 6.45) is 7.96. The number of hydrogen-bond acceptors (Lipinski definition) is 5. The van der Waals surface area contributed by atoms with Crippen molar-refractivity contribution in [3.05, 3.63) is 71.0 Å². The monoisotopic (exact) mass is 436 g/mol. The van der Waals surface area contributed by atoms with Gasteiger partial charge in [-0.25, -0.2) is 14.4 Å². The summed E-state index contributed by atoms with van der Waals surface area (Å²) in [6, 6.07) is 10.1. The van der Waals surface area contributed by atoms with Crippen LogP contribution in [0, 0.1) is 5.82 Å². The van der Waals surface area contributed by atoms with Gasteiger partial charge in [0.1, 0.15) is 16.8 Å². The first kappa shape index (κ1) is 19.9. The first-order valence-corrected chi connectivity index (χ1v) is 10.8. The molecule has 4 heterocycles. The molecule has 3 N–H and O–H groups in total. The number of pyridine rings is 1. The fourth-order valence-corrected chi connectivity index (χ4v) is 4.28. The number of anilines is 1. The number of nitrogens with zero attached hydrogens (tertiary/aromatic N) is 3. The molecule has 1 atom stereocenters. The summed E-state index contributed by atoms with van der Waals surface area (Å²) < 4.78 is 13.5. The molecule has 1 saturated heterocycles. The van der Waals surface area contributed by atoms with Gasteiger partial charge in [0.25, 0.3) is 0 Å². The minimum absolute atomic E-state index is 0.289. The standard InChI is InChI=1S/C23H22ClFN6/c24-21-10-22(31-23(30-21)16-8-17(25)13-26-11-16)28-7-5-15-12-29-20-9-14(3-4-18(15)20)19-2-1-6-27-19/h3-4,8-13,19,27,29H,1-2,5-7H2,(H,28,30,31). The van der Waals surface area contributed by atoms with Crippen LogP contribution in [-0.2, 0) is 6.42 Å². The molecule has 0 amide bonds. The Hall–Kier alpha value is -3.03. The maximum Gasteiger partial charge on any atom is 0.164 e. The highest BCUT2D eigenvalue weighted by Gasteiger charge is 2.17. The van der Waals surface area contributed by atoms with E-state index in [9.17, 15) is 4.39 Å².